The molecule has 0 aromatic heterocycles. The summed E-state index contributed by atoms with van der Waals surface area (Å²) < 4.78 is 5.35. The SMILES string of the molecule is C=C(O)CCOCCCCCC1CC1. The maximum Gasteiger partial charge on any atom is 0.0874 e. The molecule has 0 unspecified atom stereocenters. The van der Waals surface area contributed by atoms with Crippen LogP contribution in [0.5, 0.6) is 0 Å². The van der Waals surface area contributed by atoms with Crippen LogP contribution in [-0.4, -0.2) is 18.3 Å². The van der Waals surface area contributed by atoms with Crippen molar-refractivity contribution in [1.29, 1.82) is 0 Å². The van der Waals surface area contributed by atoms with Crippen LogP contribution in [-0.2, 0) is 4.74 Å². The molecule has 0 aliphatic heterocycles. The van der Waals surface area contributed by atoms with E-state index in [0.717, 1.165) is 18.9 Å². The molecule has 0 bridgehead atoms. The third kappa shape index (κ3) is 6.96. The average molecular weight is 198 g/mol. The Kier molecular flexibility index (Phi) is 5.69. The van der Waals surface area contributed by atoms with Gasteiger partial charge in [0, 0.05) is 13.0 Å². The minimum absolute atomic E-state index is 0.221. The van der Waals surface area contributed by atoms with Crippen molar-refractivity contribution in [3.8, 4) is 0 Å². The molecule has 1 saturated carbocycles. The highest BCUT2D eigenvalue weighted by atomic mass is 16.5. The van der Waals surface area contributed by atoms with Gasteiger partial charge in [-0.15, -0.1) is 0 Å². The van der Waals surface area contributed by atoms with Gasteiger partial charge in [-0.2, -0.15) is 0 Å². The van der Waals surface area contributed by atoms with Gasteiger partial charge >= 0.3 is 0 Å². The van der Waals surface area contributed by atoms with Gasteiger partial charge in [0.2, 0.25) is 0 Å². The van der Waals surface area contributed by atoms with Gasteiger partial charge in [-0.1, -0.05) is 38.7 Å². The first kappa shape index (κ1) is 11.6. The molecular formula is C12H22O2. The third-order valence-corrected chi connectivity index (χ3v) is 2.63. The minimum atomic E-state index is 0.221. The summed E-state index contributed by atoms with van der Waals surface area (Å²) in [5, 5.41) is 8.79. The van der Waals surface area contributed by atoms with E-state index in [1.165, 1.54) is 32.1 Å². The largest absolute Gasteiger partial charge is 0.513 e. The molecule has 0 heterocycles. The molecule has 1 aliphatic rings. The lowest BCUT2D eigenvalue weighted by molar-refractivity contribution is 0.125. The summed E-state index contributed by atoms with van der Waals surface area (Å²) in [6, 6.07) is 0. The standard InChI is InChI=1S/C12H22O2/c1-11(13)8-10-14-9-4-2-3-5-12-6-7-12/h12-13H,1-10H2. The van der Waals surface area contributed by atoms with Gasteiger partial charge in [0.1, 0.15) is 0 Å². The van der Waals surface area contributed by atoms with Crippen LogP contribution in [0.15, 0.2) is 12.3 Å². The number of unbranched alkanes of at least 4 members (excludes halogenated alkanes) is 2. The molecule has 2 nitrogen and oxygen atoms in total. The fourth-order valence-corrected chi connectivity index (χ4v) is 1.51. The first-order valence-corrected chi connectivity index (χ1v) is 5.73. The van der Waals surface area contributed by atoms with Crippen LogP contribution in [0, 0.1) is 5.92 Å². The Bertz CT molecular complexity index is 162. The van der Waals surface area contributed by atoms with E-state index in [1.54, 1.807) is 0 Å². The second-order valence-corrected chi connectivity index (χ2v) is 4.22. The lowest BCUT2D eigenvalue weighted by Crippen LogP contribution is -1.98. The summed E-state index contributed by atoms with van der Waals surface area (Å²) >= 11 is 0. The Morgan fingerprint density at radius 1 is 1.21 bits per heavy atom. The van der Waals surface area contributed by atoms with Crippen molar-refractivity contribution < 1.29 is 9.84 Å². The Hall–Kier alpha value is -0.500. The molecule has 2 heteroatoms. The molecule has 1 aliphatic carbocycles. The summed E-state index contributed by atoms with van der Waals surface area (Å²) in [7, 11) is 0. The number of aliphatic hydroxyl groups excluding tert-OH is 1. The molecular weight excluding hydrogens is 176 g/mol. The maximum atomic E-state index is 8.79. The average Bonchev–Trinajstić information content (AvgIpc) is 2.92. The van der Waals surface area contributed by atoms with E-state index < -0.39 is 0 Å². The topological polar surface area (TPSA) is 29.5 Å². The molecule has 0 saturated heterocycles. The van der Waals surface area contributed by atoms with Crippen LogP contribution in [0.2, 0.25) is 0 Å². The van der Waals surface area contributed by atoms with Crippen LogP contribution in [0.25, 0.3) is 0 Å². The van der Waals surface area contributed by atoms with Crippen LogP contribution < -0.4 is 0 Å². The number of rotatable bonds is 9. The van der Waals surface area contributed by atoms with Crippen molar-refractivity contribution in [2.24, 2.45) is 5.92 Å². The van der Waals surface area contributed by atoms with E-state index in [9.17, 15) is 0 Å². The Balaban J connectivity index is 1.68. The molecule has 0 amide bonds. The maximum absolute atomic E-state index is 8.79. The summed E-state index contributed by atoms with van der Waals surface area (Å²) in [6.07, 6.45) is 8.74. The van der Waals surface area contributed by atoms with Crippen molar-refractivity contribution in [3.05, 3.63) is 12.3 Å². The second kappa shape index (κ2) is 6.88. The quantitative estimate of drug-likeness (QED) is 0.454. The van der Waals surface area contributed by atoms with Gasteiger partial charge in [0.05, 0.1) is 12.4 Å². The number of ether oxygens (including phenoxy) is 1. The van der Waals surface area contributed by atoms with Crippen molar-refractivity contribution in [2.75, 3.05) is 13.2 Å². The van der Waals surface area contributed by atoms with Gasteiger partial charge in [-0.25, -0.2) is 0 Å². The Morgan fingerprint density at radius 3 is 2.64 bits per heavy atom. The highest BCUT2D eigenvalue weighted by Gasteiger charge is 2.19. The van der Waals surface area contributed by atoms with Crippen LogP contribution in [0.4, 0.5) is 0 Å². The van der Waals surface area contributed by atoms with Crippen LogP contribution >= 0.6 is 0 Å². The lowest BCUT2D eigenvalue weighted by Gasteiger charge is -2.03. The first-order valence-electron chi connectivity index (χ1n) is 5.73. The molecule has 14 heavy (non-hydrogen) atoms. The smallest absolute Gasteiger partial charge is 0.0874 e. The summed E-state index contributed by atoms with van der Waals surface area (Å²) in [6.45, 7) is 4.84. The normalized spacial score (nSPS) is 15.7. The zero-order valence-electron chi connectivity index (χ0n) is 9.00. The summed E-state index contributed by atoms with van der Waals surface area (Å²) in [4.78, 5) is 0. The van der Waals surface area contributed by atoms with Gasteiger partial charge in [0.25, 0.3) is 0 Å². The number of hydrogen-bond acceptors (Lipinski definition) is 2. The van der Waals surface area contributed by atoms with Crippen molar-refractivity contribution in [2.45, 2.75) is 44.9 Å². The van der Waals surface area contributed by atoms with E-state index in [-0.39, 0.29) is 5.76 Å². The second-order valence-electron chi connectivity index (χ2n) is 4.22. The minimum Gasteiger partial charge on any atom is -0.513 e. The predicted octanol–water partition coefficient (Wildman–Crippen LogP) is 3.44. The summed E-state index contributed by atoms with van der Waals surface area (Å²) in [5.41, 5.74) is 0. The van der Waals surface area contributed by atoms with Crippen molar-refractivity contribution >= 4 is 0 Å². The van der Waals surface area contributed by atoms with Crippen molar-refractivity contribution in [3.63, 3.8) is 0 Å². The molecule has 0 spiro atoms. The highest BCUT2D eigenvalue weighted by molar-refractivity contribution is 4.77. The highest BCUT2D eigenvalue weighted by Crippen LogP contribution is 2.33. The van der Waals surface area contributed by atoms with E-state index in [1.807, 2.05) is 0 Å². The van der Waals surface area contributed by atoms with Crippen molar-refractivity contribution in [1.82, 2.24) is 0 Å². The van der Waals surface area contributed by atoms with E-state index in [2.05, 4.69) is 6.58 Å². The molecule has 1 N–H and O–H groups in total. The van der Waals surface area contributed by atoms with E-state index in [0.29, 0.717) is 13.0 Å². The fraction of sp³-hybridized carbons (Fsp3) is 0.833. The van der Waals surface area contributed by atoms with E-state index in [4.69, 9.17) is 9.84 Å². The number of aliphatic hydroxyl groups is 1. The zero-order valence-corrected chi connectivity index (χ0v) is 9.00. The molecule has 1 fully saturated rings. The van der Waals surface area contributed by atoms with Crippen LogP contribution in [0.3, 0.4) is 0 Å². The summed E-state index contributed by atoms with van der Waals surface area (Å²) in [5.74, 6) is 1.28. The Morgan fingerprint density at radius 2 is 2.00 bits per heavy atom. The molecule has 0 atom stereocenters. The predicted molar refractivity (Wildman–Crippen MR) is 58.4 cm³/mol. The van der Waals surface area contributed by atoms with Gasteiger partial charge in [-0.05, 0) is 12.3 Å². The molecule has 0 aromatic rings. The number of hydrogen-bond donors (Lipinski definition) is 1. The molecule has 1 rings (SSSR count). The third-order valence-electron chi connectivity index (χ3n) is 2.63. The van der Waals surface area contributed by atoms with Gasteiger partial charge in [-0.3, -0.25) is 0 Å². The van der Waals surface area contributed by atoms with E-state index >= 15 is 0 Å². The van der Waals surface area contributed by atoms with Gasteiger partial charge in [0.15, 0.2) is 0 Å². The first-order chi connectivity index (χ1) is 6.79. The lowest BCUT2D eigenvalue weighted by atomic mass is 10.1. The molecule has 0 radical (unpaired) electrons. The Labute approximate surface area is 87.0 Å². The van der Waals surface area contributed by atoms with Crippen LogP contribution in [0.1, 0.15) is 44.9 Å². The zero-order chi connectivity index (χ0) is 10.2. The monoisotopic (exact) mass is 198 g/mol. The fourth-order valence-electron chi connectivity index (χ4n) is 1.51. The van der Waals surface area contributed by atoms with Gasteiger partial charge < -0.3 is 9.84 Å². The molecule has 82 valence electrons. The molecule has 0 aromatic carbocycles.